The number of aryl methyl sites for hydroxylation is 3. The third kappa shape index (κ3) is 3.21. The molecule has 0 spiro atoms. The van der Waals surface area contributed by atoms with E-state index in [-0.39, 0.29) is 0 Å². The molecule has 16 heavy (non-hydrogen) atoms. The Morgan fingerprint density at radius 3 is 2.19 bits per heavy atom. The van der Waals surface area contributed by atoms with E-state index in [0.29, 0.717) is 6.04 Å². The van der Waals surface area contributed by atoms with E-state index in [9.17, 15) is 0 Å². The molecule has 1 aromatic carbocycles. The summed E-state index contributed by atoms with van der Waals surface area (Å²) in [5, 5.41) is 3.50. The molecule has 0 aliphatic rings. The van der Waals surface area contributed by atoms with Crippen molar-refractivity contribution < 1.29 is 0 Å². The van der Waals surface area contributed by atoms with Crippen molar-refractivity contribution in [1.29, 1.82) is 0 Å². The zero-order chi connectivity index (χ0) is 12.3. The first-order valence-electron chi connectivity index (χ1n) is 5.87. The average molecular weight is 217 g/mol. The van der Waals surface area contributed by atoms with Crippen LogP contribution in [0.4, 0.5) is 0 Å². The molecule has 0 saturated heterocycles. The molecule has 1 aromatic rings. The van der Waals surface area contributed by atoms with Crippen molar-refractivity contribution in [3.8, 4) is 0 Å². The Bertz CT molecular complexity index is 367. The molecule has 0 fully saturated rings. The highest BCUT2D eigenvalue weighted by atomic mass is 14.9. The lowest BCUT2D eigenvalue weighted by Crippen LogP contribution is -2.21. The maximum Gasteiger partial charge on any atom is 0.0300 e. The average Bonchev–Trinajstić information content (AvgIpc) is 2.12. The predicted octanol–water partition coefficient (Wildman–Crippen LogP) is 3.84. The Hall–Kier alpha value is -1.08. The number of benzene rings is 1. The summed E-state index contributed by atoms with van der Waals surface area (Å²) in [5.41, 5.74) is 6.69. The summed E-state index contributed by atoms with van der Waals surface area (Å²) in [6, 6.07) is 4.89. The van der Waals surface area contributed by atoms with E-state index in [2.05, 4.69) is 58.6 Å². The second-order valence-corrected chi connectivity index (χ2v) is 4.87. The van der Waals surface area contributed by atoms with Gasteiger partial charge in [-0.05, 0) is 51.3 Å². The van der Waals surface area contributed by atoms with Crippen LogP contribution in [0.5, 0.6) is 0 Å². The van der Waals surface area contributed by atoms with Gasteiger partial charge >= 0.3 is 0 Å². The molecule has 0 saturated carbocycles. The molecule has 1 rings (SSSR count). The van der Waals surface area contributed by atoms with Crippen molar-refractivity contribution in [3.05, 3.63) is 46.5 Å². The number of rotatable bonds is 4. The maximum atomic E-state index is 3.92. The molecule has 0 aliphatic carbocycles. The van der Waals surface area contributed by atoms with Gasteiger partial charge in [0.15, 0.2) is 0 Å². The van der Waals surface area contributed by atoms with Crippen LogP contribution in [0, 0.1) is 20.8 Å². The summed E-state index contributed by atoms with van der Waals surface area (Å²) < 4.78 is 0. The van der Waals surface area contributed by atoms with Gasteiger partial charge in [-0.15, -0.1) is 0 Å². The summed E-state index contributed by atoms with van der Waals surface area (Å²) in [4.78, 5) is 0. The predicted molar refractivity (Wildman–Crippen MR) is 71.9 cm³/mol. The van der Waals surface area contributed by atoms with Gasteiger partial charge in [0.2, 0.25) is 0 Å². The van der Waals surface area contributed by atoms with E-state index < -0.39 is 0 Å². The lowest BCUT2D eigenvalue weighted by atomic mass is 9.95. The van der Waals surface area contributed by atoms with Gasteiger partial charge in [-0.1, -0.05) is 29.8 Å². The van der Waals surface area contributed by atoms with Crippen LogP contribution in [-0.2, 0) is 0 Å². The Kier molecular flexibility index (Phi) is 4.31. The van der Waals surface area contributed by atoms with Gasteiger partial charge < -0.3 is 5.32 Å². The SMILES string of the molecule is C=C(C)CNC(C)c1c(C)cc(C)cc1C. The molecular weight excluding hydrogens is 194 g/mol. The first kappa shape index (κ1) is 13.0. The first-order chi connectivity index (χ1) is 7.41. The molecule has 0 heterocycles. The number of nitrogens with one attached hydrogen (secondary N) is 1. The highest BCUT2D eigenvalue weighted by molar-refractivity contribution is 5.39. The smallest absolute Gasteiger partial charge is 0.0300 e. The zero-order valence-corrected chi connectivity index (χ0v) is 11.1. The van der Waals surface area contributed by atoms with Gasteiger partial charge in [-0.2, -0.15) is 0 Å². The van der Waals surface area contributed by atoms with Crippen molar-refractivity contribution in [2.45, 2.75) is 40.7 Å². The van der Waals surface area contributed by atoms with Crippen LogP contribution >= 0.6 is 0 Å². The lowest BCUT2D eigenvalue weighted by molar-refractivity contribution is 0.601. The highest BCUT2D eigenvalue weighted by Crippen LogP contribution is 2.23. The quantitative estimate of drug-likeness (QED) is 0.756. The molecule has 0 radical (unpaired) electrons. The fraction of sp³-hybridized carbons (Fsp3) is 0.467. The summed E-state index contributed by atoms with van der Waals surface area (Å²) >= 11 is 0. The van der Waals surface area contributed by atoms with E-state index in [1.165, 1.54) is 27.8 Å². The standard InChI is InChI=1S/C15H23N/c1-10(2)9-16-14(6)15-12(4)7-11(3)8-13(15)5/h7-8,14,16H,1,9H2,2-6H3. The second-order valence-electron chi connectivity index (χ2n) is 4.87. The van der Waals surface area contributed by atoms with Crippen LogP contribution in [0.3, 0.4) is 0 Å². The molecule has 88 valence electrons. The normalized spacial score (nSPS) is 12.6. The first-order valence-corrected chi connectivity index (χ1v) is 5.87. The Morgan fingerprint density at radius 2 is 1.75 bits per heavy atom. The molecular formula is C15H23N. The fourth-order valence-corrected chi connectivity index (χ4v) is 2.30. The molecule has 0 aliphatic heterocycles. The van der Waals surface area contributed by atoms with Crippen molar-refractivity contribution in [3.63, 3.8) is 0 Å². The summed E-state index contributed by atoms with van der Waals surface area (Å²) in [6.45, 7) is 15.6. The minimum atomic E-state index is 0.386. The van der Waals surface area contributed by atoms with E-state index in [4.69, 9.17) is 0 Å². The van der Waals surface area contributed by atoms with Crippen molar-refractivity contribution in [2.24, 2.45) is 0 Å². The number of hydrogen-bond donors (Lipinski definition) is 1. The molecule has 0 amide bonds. The van der Waals surface area contributed by atoms with E-state index >= 15 is 0 Å². The van der Waals surface area contributed by atoms with Crippen LogP contribution in [0.25, 0.3) is 0 Å². The molecule has 1 N–H and O–H groups in total. The van der Waals surface area contributed by atoms with Gasteiger partial charge in [0.25, 0.3) is 0 Å². The maximum absolute atomic E-state index is 3.92. The van der Waals surface area contributed by atoms with E-state index in [0.717, 1.165) is 6.54 Å². The minimum absolute atomic E-state index is 0.386. The van der Waals surface area contributed by atoms with Crippen molar-refractivity contribution in [2.75, 3.05) is 6.54 Å². The monoisotopic (exact) mass is 217 g/mol. The zero-order valence-electron chi connectivity index (χ0n) is 11.1. The summed E-state index contributed by atoms with van der Waals surface area (Å²) in [6.07, 6.45) is 0. The topological polar surface area (TPSA) is 12.0 Å². The Labute approximate surface area is 99.6 Å². The van der Waals surface area contributed by atoms with Crippen LogP contribution in [0.15, 0.2) is 24.3 Å². The molecule has 1 atom stereocenters. The van der Waals surface area contributed by atoms with E-state index in [1.807, 2.05) is 0 Å². The Balaban J connectivity index is 2.90. The third-order valence-corrected chi connectivity index (χ3v) is 2.88. The van der Waals surface area contributed by atoms with E-state index in [1.54, 1.807) is 0 Å². The molecule has 1 heteroatoms. The van der Waals surface area contributed by atoms with Crippen LogP contribution in [0.2, 0.25) is 0 Å². The van der Waals surface area contributed by atoms with Gasteiger partial charge in [0.05, 0.1) is 0 Å². The largest absolute Gasteiger partial charge is 0.306 e. The molecule has 1 nitrogen and oxygen atoms in total. The highest BCUT2D eigenvalue weighted by Gasteiger charge is 2.10. The van der Waals surface area contributed by atoms with Crippen molar-refractivity contribution in [1.82, 2.24) is 5.32 Å². The molecule has 0 bridgehead atoms. The Morgan fingerprint density at radius 1 is 1.25 bits per heavy atom. The van der Waals surface area contributed by atoms with Crippen molar-refractivity contribution >= 4 is 0 Å². The van der Waals surface area contributed by atoms with Gasteiger partial charge in [0, 0.05) is 12.6 Å². The fourth-order valence-electron chi connectivity index (χ4n) is 2.30. The number of hydrogen-bond acceptors (Lipinski definition) is 1. The second kappa shape index (κ2) is 5.31. The summed E-state index contributed by atoms with van der Waals surface area (Å²) in [5.74, 6) is 0. The summed E-state index contributed by atoms with van der Waals surface area (Å²) in [7, 11) is 0. The third-order valence-electron chi connectivity index (χ3n) is 2.88. The molecule has 0 aromatic heterocycles. The minimum Gasteiger partial charge on any atom is -0.306 e. The van der Waals surface area contributed by atoms with Crippen LogP contribution in [0.1, 0.15) is 42.1 Å². The van der Waals surface area contributed by atoms with Crippen LogP contribution < -0.4 is 5.32 Å². The van der Waals surface area contributed by atoms with Crippen LogP contribution in [-0.4, -0.2) is 6.54 Å². The van der Waals surface area contributed by atoms with Gasteiger partial charge in [0.1, 0.15) is 0 Å². The van der Waals surface area contributed by atoms with Gasteiger partial charge in [-0.25, -0.2) is 0 Å². The van der Waals surface area contributed by atoms with Gasteiger partial charge in [-0.3, -0.25) is 0 Å². The lowest BCUT2D eigenvalue weighted by Gasteiger charge is -2.20. The molecule has 1 unspecified atom stereocenters.